The molecule has 0 saturated heterocycles. The highest BCUT2D eigenvalue weighted by molar-refractivity contribution is 5.67. The van der Waals surface area contributed by atoms with Gasteiger partial charge in [-0.05, 0) is 55.8 Å². The smallest absolute Gasteiger partial charge is 0.303 e. The van der Waals surface area contributed by atoms with Crippen LogP contribution in [0.25, 0.3) is 0 Å². The summed E-state index contributed by atoms with van der Waals surface area (Å²) in [4.78, 5) is 10.9. The molecule has 4 fully saturated rings. The van der Waals surface area contributed by atoms with Gasteiger partial charge >= 0.3 is 5.97 Å². The normalized spacial score (nSPS) is 52.1. The van der Waals surface area contributed by atoms with E-state index in [1.807, 2.05) is 0 Å². The van der Waals surface area contributed by atoms with Gasteiger partial charge in [-0.15, -0.1) is 0 Å². The van der Waals surface area contributed by atoms with E-state index in [1.54, 1.807) is 0 Å². The van der Waals surface area contributed by atoms with Crippen LogP contribution in [0.2, 0.25) is 0 Å². The number of carboxylic acids is 1. The first-order chi connectivity index (χ1) is 6.99. The van der Waals surface area contributed by atoms with Gasteiger partial charge < -0.3 is 10.2 Å². The van der Waals surface area contributed by atoms with Crippen LogP contribution in [-0.4, -0.2) is 21.8 Å². The average Bonchev–Trinajstić information content (AvgIpc) is 1.94. The van der Waals surface area contributed by atoms with Crippen molar-refractivity contribution < 1.29 is 15.0 Å². The number of rotatable bonds is 2. The number of carbonyl (C=O) groups is 1. The summed E-state index contributed by atoms with van der Waals surface area (Å²) < 4.78 is 0. The maximum absolute atomic E-state index is 10.9. The quantitative estimate of drug-likeness (QED) is 0.730. The van der Waals surface area contributed by atoms with E-state index < -0.39 is 11.6 Å². The summed E-state index contributed by atoms with van der Waals surface area (Å²) in [5.74, 6) is 0.492. The molecule has 0 aliphatic heterocycles. The summed E-state index contributed by atoms with van der Waals surface area (Å²) in [5, 5.41) is 19.4. The van der Waals surface area contributed by atoms with Gasteiger partial charge in [0.2, 0.25) is 0 Å². The first kappa shape index (κ1) is 9.64. The zero-order chi connectivity index (χ0) is 10.7. The van der Waals surface area contributed by atoms with Crippen LogP contribution >= 0.6 is 0 Å². The Hall–Kier alpha value is -0.570. The molecule has 0 unspecified atom stereocenters. The summed E-state index contributed by atoms with van der Waals surface area (Å²) >= 11 is 0. The molecule has 3 heteroatoms. The number of aliphatic carboxylic acids is 1. The third kappa shape index (κ3) is 1.48. The van der Waals surface area contributed by atoms with Crippen molar-refractivity contribution in [1.82, 2.24) is 0 Å². The zero-order valence-corrected chi connectivity index (χ0v) is 8.91. The maximum Gasteiger partial charge on any atom is 0.303 e. The van der Waals surface area contributed by atoms with E-state index in [9.17, 15) is 9.90 Å². The molecule has 0 aromatic rings. The van der Waals surface area contributed by atoms with Crippen molar-refractivity contribution in [3.63, 3.8) is 0 Å². The maximum atomic E-state index is 10.9. The summed E-state index contributed by atoms with van der Waals surface area (Å²) in [6.07, 6.45) is 6.15. The number of aliphatic hydroxyl groups is 1. The summed E-state index contributed by atoms with van der Waals surface area (Å²) in [6.45, 7) is 0. The summed E-state index contributed by atoms with van der Waals surface area (Å²) in [5.41, 5.74) is -0.579. The van der Waals surface area contributed by atoms with E-state index in [1.165, 1.54) is 6.42 Å². The molecule has 3 nitrogen and oxygen atoms in total. The molecule has 0 heterocycles. The molecule has 2 atom stereocenters. The van der Waals surface area contributed by atoms with Crippen molar-refractivity contribution in [2.45, 2.75) is 50.5 Å². The molecule has 0 radical (unpaired) electrons. The van der Waals surface area contributed by atoms with Crippen LogP contribution in [0.1, 0.15) is 44.9 Å². The van der Waals surface area contributed by atoms with Crippen molar-refractivity contribution in [2.75, 3.05) is 0 Å². The van der Waals surface area contributed by atoms with Crippen LogP contribution < -0.4 is 0 Å². The number of carboxylic acid groups (broad SMARTS) is 1. The average molecular weight is 210 g/mol. The van der Waals surface area contributed by atoms with Crippen LogP contribution in [0.3, 0.4) is 0 Å². The second-order valence-corrected chi connectivity index (χ2v) is 6.26. The predicted molar refractivity (Wildman–Crippen MR) is 54.3 cm³/mol. The van der Waals surface area contributed by atoms with Gasteiger partial charge in [-0.2, -0.15) is 0 Å². The topological polar surface area (TPSA) is 57.5 Å². The fourth-order valence-corrected chi connectivity index (χ4v) is 4.93. The van der Waals surface area contributed by atoms with Gasteiger partial charge in [-0.25, -0.2) is 0 Å². The Balaban J connectivity index is 1.89. The van der Waals surface area contributed by atoms with Gasteiger partial charge in [0.1, 0.15) is 0 Å². The first-order valence-electron chi connectivity index (χ1n) is 5.93. The Morgan fingerprint density at radius 1 is 1.20 bits per heavy atom. The Labute approximate surface area is 89.5 Å². The van der Waals surface area contributed by atoms with Crippen molar-refractivity contribution in [3.8, 4) is 0 Å². The second-order valence-electron chi connectivity index (χ2n) is 6.26. The van der Waals surface area contributed by atoms with Gasteiger partial charge in [0.25, 0.3) is 0 Å². The van der Waals surface area contributed by atoms with Crippen LogP contribution in [-0.2, 0) is 4.79 Å². The molecule has 0 spiro atoms. The highest BCUT2D eigenvalue weighted by Crippen LogP contribution is 2.62. The Morgan fingerprint density at radius 3 is 2.27 bits per heavy atom. The van der Waals surface area contributed by atoms with Crippen LogP contribution in [0, 0.1) is 17.3 Å². The fourth-order valence-electron chi connectivity index (χ4n) is 4.93. The monoisotopic (exact) mass is 210 g/mol. The SMILES string of the molecule is O=C(O)CC12C[C@H]3C[C@@H](CC(O)(C3)C1)C2. The Morgan fingerprint density at radius 2 is 1.80 bits per heavy atom. The highest BCUT2D eigenvalue weighted by Gasteiger charge is 2.57. The fraction of sp³-hybridized carbons (Fsp3) is 0.917. The molecule has 0 aromatic heterocycles. The lowest BCUT2D eigenvalue weighted by atomic mass is 9.47. The number of hydrogen-bond donors (Lipinski definition) is 2. The van der Waals surface area contributed by atoms with E-state index in [2.05, 4.69) is 0 Å². The van der Waals surface area contributed by atoms with Crippen molar-refractivity contribution in [1.29, 1.82) is 0 Å². The largest absolute Gasteiger partial charge is 0.481 e. The molecular weight excluding hydrogens is 192 g/mol. The molecule has 4 rings (SSSR count). The minimum Gasteiger partial charge on any atom is -0.481 e. The summed E-state index contributed by atoms with van der Waals surface area (Å²) in [6, 6.07) is 0. The third-order valence-corrected chi connectivity index (χ3v) is 4.68. The third-order valence-electron chi connectivity index (χ3n) is 4.68. The van der Waals surface area contributed by atoms with E-state index in [0.717, 1.165) is 32.1 Å². The van der Waals surface area contributed by atoms with E-state index >= 15 is 0 Å². The molecule has 2 N–H and O–H groups in total. The highest BCUT2D eigenvalue weighted by atomic mass is 16.4. The zero-order valence-electron chi connectivity index (χ0n) is 8.91. The molecule has 15 heavy (non-hydrogen) atoms. The van der Waals surface area contributed by atoms with Crippen LogP contribution in [0.15, 0.2) is 0 Å². The lowest BCUT2D eigenvalue weighted by Gasteiger charge is -2.60. The van der Waals surface area contributed by atoms with Gasteiger partial charge in [-0.3, -0.25) is 4.79 Å². The van der Waals surface area contributed by atoms with Crippen molar-refractivity contribution >= 4 is 5.97 Å². The van der Waals surface area contributed by atoms with Gasteiger partial charge in [0.15, 0.2) is 0 Å². The lowest BCUT2D eigenvalue weighted by Crippen LogP contribution is -2.56. The Bertz CT molecular complexity index is 296. The second kappa shape index (κ2) is 2.76. The minimum absolute atomic E-state index is 0.0648. The molecule has 4 bridgehead atoms. The predicted octanol–water partition coefficient (Wildman–Crippen LogP) is 1.79. The van der Waals surface area contributed by atoms with Crippen LogP contribution in [0.5, 0.6) is 0 Å². The van der Waals surface area contributed by atoms with Gasteiger partial charge in [0, 0.05) is 0 Å². The molecule has 0 amide bonds. The van der Waals surface area contributed by atoms with Crippen LogP contribution in [0.4, 0.5) is 0 Å². The molecule has 4 aliphatic rings. The molecular formula is C12H18O3. The van der Waals surface area contributed by atoms with E-state index in [0.29, 0.717) is 11.8 Å². The van der Waals surface area contributed by atoms with Crippen molar-refractivity contribution in [3.05, 3.63) is 0 Å². The van der Waals surface area contributed by atoms with Crippen molar-refractivity contribution in [2.24, 2.45) is 17.3 Å². The molecule has 4 saturated carbocycles. The first-order valence-corrected chi connectivity index (χ1v) is 5.93. The number of hydrogen-bond acceptors (Lipinski definition) is 2. The summed E-state index contributed by atoms with van der Waals surface area (Å²) in [7, 11) is 0. The molecule has 84 valence electrons. The Kier molecular flexibility index (Phi) is 1.77. The molecule has 4 aliphatic carbocycles. The van der Waals surface area contributed by atoms with Gasteiger partial charge in [-0.1, -0.05) is 0 Å². The molecule has 0 aromatic carbocycles. The standard InChI is InChI=1S/C12H18O3/c13-10(14)6-11-2-8-1-9(3-11)5-12(15,4-8)7-11/h8-9,15H,1-7H2,(H,13,14)/t8-,9-,11?,12?/m1/s1. The minimum atomic E-state index is -0.694. The van der Waals surface area contributed by atoms with E-state index in [4.69, 9.17) is 5.11 Å². The van der Waals surface area contributed by atoms with E-state index in [-0.39, 0.29) is 11.8 Å². The lowest BCUT2D eigenvalue weighted by molar-refractivity contribution is -0.174. The van der Waals surface area contributed by atoms with Gasteiger partial charge in [0.05, 0.1) is 12.0 Å².